The Morgan fingerprint density at radius 3 is 2.80 bits per heavy atom. The van der Waals surface area contributed by atoms with Gasteiger partial charge < -0.3 is 4.74 Å². The van der Waals surface area contributed by atoms with E-state index in [0.29, 0.717) is 0 Å². The maximum atomic E-state index is 11.3. The number of rotatable bonds is 5. The highest BCUT2D eigenvalue weighted by molar-refractivity contribution is 7.16. The molecular weight excluding hydrogens is 274 g/mol. The van der Waals surface area contributed by atoms with Crippen molar-refractivity contribution in [3.63, 3.8) is 0 Å². The Hall–Kier alpha value is -2.27. The van der Waals surface area contributed by atoms with Gasteiger partial charge in [0, 0.05) is 34.6 Å². The summed E-state index contributed by atoms with van der Waals surface area (Å²) in [5, 5.41) is 0. The monoisotopic (exact) mass is 287 g/mol. The summed E-state index contributed by atoms with van der Waals surface area (Å²) in [4.78, 5) is 27.7. The van der Waals surface area contributed by atoms with E-state index < -0.39 is 0 Å². The smallest absolute Gasteiger partial charge is 0.298 e. The molecule has 0 amide bonds. The zero-order chi connectivity index (χ0) is 14.5. The van der Waals surface area contributed by atoms with E-state index in [1.165, 1.54) is 18.3 Å². The molecule has 0 atom stereocenters. The predicted octanol–water partition coefficient (Wildman–Crippen LogP) is 3.22. The Morgan fingerprint density at radius 1 is 1.35 bits per heavy atom. The molecule has 0 unspecified atom stereocenters. The highest BCUT2D eigenvalue weighted by Gasteiger charge is 2.07. The lowest BCUT2D eigenvalue weighted by molar-refractivity contribution is -0.129. The maximum Gasteiger partial charge on any atom is 0.298 e. The van der Waals surface area contributed by atoms with Crippen LogP contribution in [0.25, 0.3) is 16.5 Å². The third kappa shape index (κ3) is 3.39. The molecule has 0 aliphatic carbocycles. The Labute approximate surface area is 120 Å². The molecule has 0 saturated carbocycles. The van der Waals surface area contributed by atoms with Gasteiger partial charge in [0.25, 0.3) is 6.47 Å². The van der Waals surface area contributed by atoms with E-state index >= 15 is 0 Å². The van der Waals surface area contributed by atoms with E-state index in [0.717, 1.165) is 21.0 Å². The van der Waals surface area contributed by atoms with Gasteiger partial charge in [-0.1, -0.05) is 0 Å². The average Bonchev–Trinajstić information content (AvgIpc) is 2.87. The van der Waals surface area contributed by atoms with Gasteiger partial charge in [0.1, 0.15) is 0 Å². The van der Waals surface area contributed by atoms with Gasteiger partial charge in [-0.25, -0.2) is 0 Å². The predicted molar refractivity (Wildman–Crippen MR) is 78.1 cm³/mol. The van der Waals surface area contributed by atoms with Gasteiger partial charge in [-0.3, -0.25) is 14.6 Å². The summed E-state index contributed by atoms with van der Waals surface area (Å²) in [6.07, 6.45) is 3.33. The number of Topliss-reactive ketones (excluding diaryl/α,β-unsaturated/α-hetero) is 1. The topological polar surface area (TPSA) is 56.3 Å². The Morgan fingerprint density at radius 2 is 2.15 bits per heavy atom. The summed E-state index contributed by atoms with van der Waals surface area (Å²) in [5.41, 5.74) is 2.02. The number of aromatic nitrogens is 1. The van der Waals surface area contributed by atoms with Crippen molar-refractivity contribution in [1.29, 1.82) is 0 Å². The molecule has 2 rings (SSSR count). The number of nitrogens with zero attached hydrogens (tertiary/aromatic N) is 1. The summed E-state index contributed by atoms with van der Waals surface area (Å²) in [6.45, 7) is 3.55. The van der Waals surface area contributed by atoms with E-state index in [4.69, 9.17) is 0 Å². The molecule has 0 radical (unpaired) electrons. The molecule has 0 saturated heterocycles. The number of aryl methyl sites for hydroxylation is 1. The highest BCUT2D eigenvalue weighted by Crippen LogP contribution is 2.29. The van der Waals surface area contributed by atoms with Crippen LogP contribution in [0.1, 0.15) is 17.5 Å². The molecule has 2 aromatic rings. The molecule has 20 heavy (non-hydrogen) atoms. The van der Waals surface area contributed by atoms with Crippen LogP contribution in [0.2, 0.25) is 0 Å². The largest absolute Gasteiger partial charge is 0.425 e. The van der Waals surface area contributed by atoms with E-state index in [2.05, 4.69) is 9.72 Å². The first kappa shape index (κ1) is 14.1. The van der Waals surface area contributed by atoms with Gasteiger partial charge in [0.05, 0.1) is 0 Å². The lowest BCUT2D eigenvalue weighted by Gasteiger charge is -1.99. The number of ether oxygens (including phenoxy) is 1. The van der Waals surface area contributed by atoms with Gasteiger partial charge in [0.2, 0.25) is 0 Å². The summed E-state index contributed by atoms with van der Waals surface area (Å²) >= 11 is 1.51. The number of carbonyl (C=O) groups excluding carboxylic acids is 2. The molecule has 0 aliphatic heterocycles. The van der Waals surface area contributed by atoms with Crippen LogP contribution in [-0.2, 0) is 14.3 Å². The molecule has 0 aromatic carbocycles. The second-order valence-corrected chi connectivity index (χ2v) is 5.28. The molecule has 0 aliphatic rings. The standard InChI is InChI=1S/C15H13NO3S/c1-10-7-12(5-6-16-10)15-4-3-13(20-15)8-14(11(2)18)19-9-17/h3-9H,1-2H3/b14-8-. The van der Waals surface area contributed by atoms with Crippen LogP contribution in [0.15, 0.2) is 36.2 Å². The maximum absolute atomic E-state index is 11.3. The van der Waals surface area contributed by atoms with Gasteiger partial charge >= 0.3 is 0 Å². The van der Waals surface area contributed by atoms with Crippen LogP contribution in [-0.4, -0.2) is 17.2 Å². The molecule has 0 spiro atoms. The van der Waals surface area contributed by atoms with Crippen molar-refractivity contribution >= 4 is 29.7 Å². The van der Waals surface area contributed by atoms with Crippen molar-refractivity contribution in [3.8, 4) is 10.4 Å². The van der Waals surface area contributed by atoms with Crippen LogP contribution in [0.5, 0.6) is 0 Å². The molecule has 2 heterocycles. The van der Waals surface area contributed by atoms with Crippen molar-refractivity contribution in [3.05, 3.63) is 46.8 Å². The van der Waals surface area contributed by atoms with Crippen LogP contribution in [0, 0.1) is 6.92 Å². The molecule has 2 aromatic heterocycles. The fourth-order valence-corrected chi connectivity index (χ4v) is 2.62. The Balaban J connectivity index is 2.31. The molecule has 5 heteroatoms. The average molecular weight is 287 g/mol. The van der Waals surface area contributed by atoms with E-state index in [1.807, 2.05) is 31.2 Å². The van der Waals surface area contributed by atoms with Gasteiger partial charge in [-0.15, -0.1) is 11.3 Å². The summed E-state index contributed by atoms with van der Waals surface area (Å²) in [5.74, 6) is -0.244. The first-order chi connectivity index (χ1) is 9.60. The van der Waals surface area contributed by atoms with E-state index in [1.54, 1.807) is 12.3 Å². The summed E-state index contributed by atoms with van der Waals surface area (Å²) in [6, 6.07) is 7.77. The zero-order valence-electron chi connectivity index (χ0n) is 11.1. The zero-order valence-corrected chi connectivity index (χ0v) is 11.9. The van der Waals surface area contributed by atoms with E-state index in [9.17, 15) is 9.59 Å². The highest BCUT2D eigenvalue weighted by atomic mass is 32.1. The second kappa shape index (κ2) is 6.25. The van der Waals surface area contributed by atoms with Crippen LogP contribution < -0.4 is 0 Å². The number of hydrogen-bond acceptors (Lipinski definition) is 5. The molecule has 0 fully saturated rings. The number of pyridine rings is 1. The van der Waals surface area contributed by atoms with Crippen LogP contribution in [0.4, 0.5) is 0 Å². The van der Waals surface area contributed by atoms with Crippen molar-refractivity contribution in [2.75, 3.05) is 0 Å². The minimum Gasteiger partial charge on any atom is -0.425 e. The third-order valence-corrected chi connectivity index (χ3v) is 3.68. The molecule has 102 valence electrons. The number of ketones is 1. The van der Waals surface area contributed by atoms with Crippen molar-refractivity contribution in [2.45, 2.75) is 13.8 Å². The SMILES string of the molecule is CC(=O)/C(=C/c1ccc(-c2ccnc(C)c2)s1)OC=O. The van der Waals surface area contributed by atoms with Crippen molar-refractivity contribution < 1.29 is 14.3 Å². The second-order valence-electron chi connectivity index (χ2n) is 4.17. The van der Waals surface area contributed by atoms with Crippen molar-refractivity contribution in [2.24, 2.45) is 0 Å². The van der Waals surface area contributed by atoms with Crippen molar-refractivity contribution in [1.82, 2.24) is 4.98 Å². The number of allylic oxidation sites excluding steroid dienone is 1. The summed E-state index contributed by atoms with van der Waals surface area (Å²) < 4.78 is 4.67. The minimum absolute atomic E-state index is 0.0410. The first-order valence-corrected chi connectivity index (χ1v) is 6.77. The summed E-state index contributed by atoms with van der Waals surface area (Å²) in [7, 11) is 0. The van der Waals surface area contributed by atoms with Crippen LogP contribution >= 0.6 is 11.3 Å². The van der Waals surface area contributed by atoms with Gasteiger partial charge in [-0.05, 0) is 36.8 Å². The number of thiophene rings is 1. The Kier molecular flexibility index (Phi) is 4.42. The molecule has 0 N–H and O–H groups in total. The first-order valence-electron chi connectivity index (χ1n) is 5.96. The van der Waals surface area contributed by atoms with Gasteiger partial charge in [0.15, 0.2) is 11.5 Å². The lowest BCUT2D eigenvalue weighted by atomic mass is 10.2. The fourth-order valence-electron chi connectivity index (χ4n) is 1.68. The fraction of sp³-hybridized carbons (Fsp3) is 0.133. The normalized spacial score (nSPS) is 11.2. The molecular formula is C15H13NO3S. The quantitative estimate of drug-likeness (QED) is 0.481. The van der Waals surface area contributed by atoms with Gasteiger partial charge in [-0.2, -0.15) is 0 Å². The lowest BCUT2D eigenvalue weighted by Crippen LogP contribution is -1.99. The van der Waals surface area contributed by atoms with Crippen LogP contribution in [0.3, 0.4) is 0 Å². The number of hydrogen-bond donors (Lipinski definition) is 0. The molecule has 4 nitrogen and oxygen atoms in total. The number of carbonyl (C=O) groups is 2. The Bertz CT molecular complexity index is 673. The van der Waals surface area contributed by atoms with E-state index in [-0.39, 0.29) is 18.0 Å². The molecule has 0 bridgehead atoms. The third-order valence-electron chi connectivity index (χ3n) is 2.60. The minimum atomic E-state index is -0.285.